The summed E-state index contributed by atoms with van der Waals surface area (Å²) < 4.78 is 0. The maximum atomic E-state index is 3.80. The van der Waals surface area contributed by atoms with E-state index in [9.17, 15) is 0 Å². The molecule has 0 spiro atoms. The summed E-state index contributed by atoms with van der Waals surface area (Å²) in [6.45, 7) is 12.7. The first-order chi connectivity index (χ1) is 6.54. The van der Waals surface area contributed by atoms with Gasteiger partial charge in [-0.3, -0.25) is 0 Å². The summed E-state index contributed by atoms with van der Waals surface area (Å²) >= 11 is 0. The quantitative estimate of drug-likeness (QED) is 0.668. The third-order valence-electron chi connectivity index (χ3n) is 2.57. The molecule has 1 aromatic carbocycles. The van der Waals surface area contributed by atoms with E-state index in [4.69, 9.17) is 0 Å². The van der Waals surface area contributed by atoms with Crippen molar-refractivity contribution in [2.75, 3.05) is 0 Å². The number of rotatable bonds is 3. The Labute approximate surface area is 87.7 Å². The van der Waals surface area contributed by atoms with Crippen molar-refractivity contribution in [3.8, 4) is 0 Å². The standard InChI is InChI=1S/C14H20/c1-6-13-8-11(4)14(7-10(2)3)12(5)9-13/h6,8-10H,1,7H2,2-5H3. The van der Waals surface area contributed by atoms with E-state index in [-0.39, 0.29) is 0 Å². The summed E-state index contributed by atoms with van der Waals surface area (Å²) in [5.41, 5.74) is 5.53. The van der Waals surface area contributed by atoms with Crippen molar-refractivity contribution < 1.29 is 0 Å². The number of aryl methyl sites for hydroxylation is 2. The Balaban J connectivity index is 3.11. The summed E-state index contributed by atoms with van der Waals surface area (Å²) in [4.78, 5) is 0. The van der Waals surface area contributed by atoms with Crippen molar-refractivity contribution in [1.29, 1.82) is 0 Å². The van der Waals surface area contributed by atoms with E-state index in [2.05, 4.69) is 46.4 Å². The highest BCUT2D eigenvalue weighted by Crippen LogP contribution is 2.20. The van der Waals surface area contributed by atoms with Gasteiger partial charge in [-0.25, -0.2) is 0 Å². The minimum atomic E-state index is 0.724. The lowest BCUT2D eigenvalue weighted by Crippen LogP contribution is -2.00. The van der Waals surface area contributed by atoms with Crippen LogP contribution in [0.5, 0.6) is 0 Å². The third kappa shape index (κ3) is 2.47. The second-order valence-electron chi connectivity index (χ2n) is 4.44. The first kappa shape index (κ1) is 11.0. The smallest absolute Gasteiger partial charge is 0.0250 e. The van der Waals surface area contributed by atoms with Crippen molar-refractivity contribution in [3.63, 3.8) is 0 Å². The van der Waals surface area contributed by atoms with E-state index >= 15 is 0 Å². The molecule has 14 heavy (non-hydrogen) atoms. The Kier molecular flexibility index (Phi) is 3.51. The first-order valence-electron chi connectivity index (χ1n) is 5.27. The Morgan fingerprint density at radius 3 is 2.07 bits per heavy atom. The number of hydrogen-bond acceptors (Lipinski definition) is 0. The molecule has 0 unspecified atom stereocenters. The second-order valence-corrected chi connectivity index (χ2v) is 4.44. The van der Waals surface area contributed by atoms with E-state index in [1.54, 1.807) is 0 Å². The molecular weight excluding hydrogens is 168 g/mol. The van der Waals surface area contributed by atoms with E-state index in [1.165, 1.54) is 28.7 Å². The molecule has 0 bridgehead atoms. The molecule has 0 aromatic heterocycles. The molecule has 0 heterocycles. The van der Waals surface area contributed by atoms with Crippen LogP contribution in [0.1, 0.15) is 36.1 Å². The van der Waals surface area contributed by atoms with Crippen LogP contribution in [-0.2, 0) is 6.42 Å². The maximum Gasteiger partial charge on any atom is -0.0250 e. The molecule has 0 fully saturated rings. The Morgan fingerprint density at radius 1 is 1.21 bits per heavy atom. The average molecular weight is 188 g/mol. The third-order valence-corrected chi connectivity index (χ3v) is 2.57. The highest BCUT2D eigenvalue weighted by molar-refractivity contribution is 5.52. The van der Waals surface area contributed by atoms with E-state index in [0.717, 1.165) is 5.92 Å². The molecule has 0 heteroatoms. The summed E-state index contributed by atoms with van der Waals surface area (Å²) in [6, 6.07) is 4.44. The maximum absolute atomic E-state index is 3.80. The molecule has 1 aromatic rings. The van der Waals surface area contributed by atoms with Gasteiger partial charge in [0.2, 0.25) is 0 Å². The molecule has 1 rings (SSSR count). The minimum absolute atomic E-state index is 0.724. The monoisotopic (exact) mass is 188 g/mol. The molecule has 76 valence electrons. The molecule has 0 aliphatic rings. The van der Waals surface area contributed by atoms with Gasteiger partial charge in [0.25, 0.3) is 0 Å². The van der Waals surface area contributed by atoms with Gasteiger partial charge in [0, 0.05) is 0 Å². The van der Waals surface area contributed by atoms with Gasteiger partial charge in [0.15, 0.2) is 0 Å². The average Bonchev–Trinajstić information content (AvgIpc) is 2.10. The lowest BCUT2D eigenvalue weighted by atomic mass is 9.93. The predicted molar refractivity (Wildman–Crippen MR) is 64.5 cm³/mol. The lowest BCUT2D eigenvalue weighted by Gasteiger charge is -2.13. The summed E-state index contributed by atoms with van der Waals surface area (Å²) in [6.07, 6.45) is 3.09. The van der Waals surface area contributed by atoms with Crippen LogP contribution in [-0.4, -0.2) is 0 Å². The SMILES string of the molecule is C=Cc1cc(C)c(CC(C)C)c(C)c1. The molecule has 0 atom stereocenters. The highest BCUT2D eigenvalue weighted by atomic mass is 14.1. The highest BCUT2D eigenvalue weighted by Gasteiger charge is 2.05. The molecular formula is C14H20. The molecule has 0 saturated heterocycles. The van der Waals surface area contributed by atoms with Crippen molar-refractivity contribution in [2.45, 2.75) is 34.1 Å². The van der Waals surface area contributed by atoms with Gasteiger partial charge in [-0.05, 0) is 48.4 Å². The van der Waals surface area contributed by atoms with Gasteiger partial charge < -0.3 is 0 Å². The van der Waals surface area contributed by atoms with Crippen LogP contribution in [0.15, 0.2) is 18.7 Å². The van der Waals surface area contributed by atoms with Crippen molar-refractivity contribution >= 4 is 6.08 Å². The molecule has 0 saturated carbocycles. The van der Waals surface area contributed by atoms with Crippen molar-refractivity contribution in [1.82, 2.24) is 0 Å². The second kappa shape index (κ2) is 4.45. The Hall–Kier alpha value is -1.04. The van der Waals surface area contributed by atoms with Gasteiger partial charge in [-0.2, -0.15) is 0 Å². The van der Waals surface area contributed by atoms with Crippen LogP contribution in [0, 0.1) is 19.8 Å². The predicted octanol–water partition coefficient (Wildman–Crippen LogP) is 4.14. The summed E-state index contributed by atoms with van der Waals surface area (Å²) in [7, 11) is 0. The molecule has 0 nitrogen and oxygen atoms in total. The lowest BCUT2D eigenvalue weighted by molar-refractivity contribution is 0.642. The fourth-order valence-electron chi connectivity index (χ4n) is 1.87. The van der Waals surface area contributed by atoms with Crippen LogP contribution in [0.4, 0.5) is 0 Å². The first-order valence-corrected chi connectivity index (χ1v) is 5.27. The minimum Gasteiger partial charge on any atom is -0.0985 e. The van der Waals surface area contributed by atoms with Crippen molar-refractivity contribution in [2.24, 2.45) is 5.92 Å². The normalized spacial score (nSPS) is 10.6. The largest absolute Gasteiger partial charge is 0.0985 e. The molecule has 0 amide bonds. The number of benzene rings is 1. The molecule has 0 radical (unpaired) electrons. The van der Waals surface area contributed by atoms with E-state index in [0.29, 0.717) is 0 Å². The van der Waals surface area contributed by atoms with Crippen LogP contribution in [0.2, 0.25) is 0 Å². The zero-order valence-corrected chi connectivity index (χ0v) is 9.72. The zero-order chi connectivity index (χ0) is 10.7. The van der Waals surface area contributed by atoms with Gasteiger partial charge >= 0.3 is 0 Å². The number of hydrogen-bond donors (Lipinski definition) is 0. The van der Waals surface area contributed by atoms with Gasteiger partial charge in [0.1, 0.15) is 0 Å². The molecule has 0 aliphatic heterocycles. The van der Waals surface area contributed by atoms with Gasteiger partial charge in [0.05, 0.1) is 0 Å². The topological polar surface area (TPSA) is 0 Å². The molecule has 0 N–H and O–H groups in total. The van der Waals surface area contributed by atoms with Crippen LogP contribution in [0.25, 0.3) is 6.08 Å². The zero-order valence-electron chi connectivity index (χ0n) is 9.72. The van der Waals surface area contributed by atoms with Gasteiger partial charge in [-0.15, -0.1) is 0 Å². The van der Waals surface area contributed by atoms with Gasteiger partial charge in [-0.1, -0.05) is 38.6 Å². The van der Waals surface area contributed by atoms with E-state index in [1.807, 2.05) is 6.08 Å². The summed E-state index contributed by atoms with van der Waals surface area (Å²) in [5.74, 6) is 0.724. The Bertz CT molecular complexity index is 309. The summed E-state index contributed by atoms with van der Waals surface area (Å²) in [5, 5.41) is 0. The van der Waals surface area contributed by atoms with Crippen LogP contribution in [0.3, 0.4) is 0 Å². The Morgan fingerprint density at radius 2 is 1.71 bits per heavy atom. The van der Waals surface area contributed by atoms with Crippen LogP contribution < -0.4 is 0 Å². The molecule has 0 aliphatic carbocycles. The fraction of sp³-hybridized carbons (Fsp3) is 0.429. The van der Waals surface area contributed by atoms with Crippen LogP contribution >= 0.6 is 0 Å². The van der Waals surface area contributed by atoms with E-state index < -0.39 is 0 Å². The van der Waals surface area contributed by atoms with Crippen molar-refractivity contribution in [3.05, 3.63) is 41.0 Å². The fourth-order valence-corrected chi connectivity index (χ4v) is 1.87.